The fourth-order valence-corrected chi connectivity index (χ4v) is 5.79. The van der Waals surface area contributed by atoms with Crippen molar-refractivity contribution in [2.24, 2.45) is 16.8 Å². The number of aliphatic hydroxyl groups is 1. The van der Waals surface area contributed by atoms with E-state index in [2.05, 4.69) is 17.0 Å². The maximum atomic E-state index is 13.0. The molecule has 4 aliphatic rings. The second kappa shape index (κ2) is 5.26. The van der Waals surface area contributed by atoms with Crippen molar-refractivity contribution in [1.29, 1.82) is 0 Å². The summed E-state index contributed by atoms with van der Waals surface area (Å²) in [5, 5.41) is 9.48. The highest BCUT2D eigenvalue weighted by molar-refractivity contribution is 6.09. The van der Waals surface area contributed by atoms with Gasteiger partial charge in [-0.3, -0.25) is 14.7 Å². The van der Waals surface area contributed by atoms with Gasteiger partial charge in [0.25, 0.3) is 0 Å². The Kier molecular flexibility index (Phi) is 3.21. The fourth-order valence-electron chi connectivity index (χ4n) is 5.79. The Hall–Kier alpha value is -1.98. The number of benzene rings is 1. The van der Waals surface area contributed by atoms with Gasteiger partial charge in [0, 0.05) is 24.8 Å². The number of ether oxygens (including phenoxy) is 1. The van der Waals surface area contributed by atoms with E-state index in [0.717, 1.165) is 37.3 Å². The molecule has 5 heteroatoms. The topological polar surface area (TPSA) is 62.1 Å². The zero-order valence-electron chi connectivity index (χ0n) is 14.3. The number of rotatable bonds is 2. The summed E-state index contributed by atoms with van der Waals surface area (Å²) < 4.78 is 5.28. The van der Waals surface area contributed by atoms with Crippen LogP contribution in [0, 0.1) is 11.8 Å². The minimum atomic E-state index is -0.345. The molecule has 5 rings (SSSR count). The number of nitrogens with zero attached hydrogens (tertiary/aromatic N) is 2. The van der Waals surface area contributed by atoms with Gasteiger partial charge in [0.1, 0.15) is 0 Å². The molecule has 1 N–H and O–H groups in total. The lowest BCUT2D eigenvalue weighted by atomic mass is 9.51. The zero-order chi connectivity index (χ0) is 17.2. The molecule has 0 unspecified atom stereocenters. The minimum Gasteiger partial charge on any atom is -0.469 e. The van der Waals surface area contributed by atoms with Crippen molar-refractivity contribution in [2.45, 2.75) is 24.3 Å². The van der Waals surface area contributed by atoms with Gasteiger partial charge in [-0.25, -0.2) is 0 Å². The van der Waals surface area contributed by atoms with E-state index in [4.69, 9.17) is 9.73 Å². The number of carbonyl (C=O) groups excluding carboxylic acids is 1. The average Bonchev–Trinajstić information content (AvgIpc) is 2.98. The number of hydrogen-bond acceptors (Lipinski definition) is 5. The number of piperidine rings is 2. The average molecular weight is 338 g/mol. The van der Waals surface area contributed by atoms with Crippen LogP contribution in [0.3, 0.4) is 0 Å². The lowest BCUT2D eigenvalue weighted by Crippen LogP contribution is -2.68. The van der Waals surface area contributed by atoms with E-state index in [1.165, 1.54) is 18.2 Å². The highest BCUT2D eigenvalue weighted by atomic mass is 16.5. The van der Waals surface area contributed by atoms with E-state index in [0.29, 0.717) is 6.04 Å². The normalized spacial score (nSPS) is 36.8. The van der Waals surface area contributed by atoms with Crippen molar-refractivity contribution < 1.29 is 14.6 Å². The van der Waals surface area contributed by atoms with Gasteiger partial charge in [-0.15, -0.1) is 0 Å². The minimum absolute atomic E-state index is 0.0166. The summed E-state index contributed by atoms with van der Waals surface area (Å²) in [6.07, 6.45) is 3.69. The quantitative estimate of drug-likeness (QED) is 0.660. The Morgan fingerprint density at radius 3 is 3.12 bits per heavy atom. The van der Waals surface area contributed by atoms with Gasteiger partial charge < -0.3 is 9.84 Å². The molecular weight excluding hydrogens is 316 g/mol. The lowest BCUT2D eigenvalue weighted by molar-refractivity contribution is -0.151. The Morgan fingerprint density at radius 1 is 1.48 bits per heavy atom. The molecule has 1 aromatic rings. The van der Waals surface area contributed by atoms with Crippen molar-refractivity contribution >= 4 is 17.4 Å². The molecule has 1 aliphatic carbocycles. The molecule has 1 aromatic carbocycles. The van der Waals surface area contributed by atoms with Crippen LogP contribution in [0.2, 0.25) is 0 Å². The fraction of sp³-hybridized carbons (Fsp3) is 0.500. The van der Waals surface area contributed by atoms with Gasteiger partial charge >= 0.3 is 5.97 Å². The molecule has 3 fully saturated rings. The first-order valence-electron chi connectivity index (χ1n) is 9.01. The van der Waals surface area contributed by atoms with Crippen LogP contribution in [-0.4, -0.2) is 54.5 Å². The Labute approximate surface area is 147 Å². The number of fused-ring (bicyclic) bond motifs is 2. The third-order valence-corrected chi connectivity index (χ3v) is 6.71. The number of methoxy groups -OCH3 is 1. The number of para-hydroxylation sites is 1. The summed E-state index contributed by atoms with van der Waals surface area (Å²) >= 11 is 0. The van der Waals surface area contributed by atoms with Crippen LogP contribution in [0.25, 0.3) is 0 Å². The zero-order valence-corrected chi connectivity index (χ0v) is 14.3. The molecule has 130 valence electrons. The van der Waals surface area contributed by atoms with Crippen LogP contribution in [-0.2, 0) is 14.9 Å². The first-order valence-corrected chi connectivity index (χ1v) is 9.01. The summed E-state index contributed by atoms with van der Waals surface area (Å²) in [4.78, 5) is 20.4. The smallest absolute Gasteiger partial charge is 0.310 e. The molecule has 3 bridgehead atoms. The molecule has 4 atom stereocenters. The molecule has 0 spiro atoms. The number of aliphatic imine (C=N–C) groups is 1. The Bertz CT molecular complexity index is 815. The van der Waals surface area contributed by atoms with Crippen LogP contribution >= 0.6 is 0 Å². The summed E-state index contributed by atoms with van der Waals surface area (Å²) in [6, 6.07) is 8.54. The molecule has 0 amide bonds. The SMILES string of the molecule is COC(=O)[C@H]1[C@H]2C[C@H]3C4=Nc5ccccc5[C@]41CCN3CC2=CCO. The van der Waals surface area contributed by atoms with Gasteiger partial charge in [0.2, 0.25) is 0 Å². The number of carbonyl (C=O) groups is 1. The molecule has 2 saturated heterocycles. The number of hydrogen-bond donors (Lipinski definition) is 1. The molecule has 1 saturated carbocycles. The maximum absolute atomic E-state index is 13.0. The van der Waals surface area contributed by atoms with E-state index in [1.54, 1.807) is 0 Å². The second-order valence-electron chi connectivity index (χ2n) is 7.53. The standard InChI is InChI=1S/C20H22N2O3/c1-25-19(24)17-13-10-16-18-20(17,14-4-2-3-5-15(14)21-18)7-8-22(16)11-12(13)6-9-23/h2-6,13,16-17,23H,7-11H2,1H3/t13-,16-,17+,20-/m0/s1. The van der Waals surface area contributed by atoms with E-state index in [-0.39, 0.29) is 29.8 Å². The van der Waals surface area contributed by atoms with Gasteiger partial charge in [0.05, 0.1) is 30.7 Å². The number of aliphatic hydroxyl groups excluding tert-OH is 1. The first-order chi connectivity index (χ1) is 12.2. The van der Waals surface area contributed by atoms with Gasteiger partial charge in [0.15, 0.2) is 0 Å². The second-order valence-corrected chi connectivity index (χ2v) is 7.53. The largest absolute Gasteiger partial charge is 0.469 e. The van der Waals surface area contributed by atoms with Crippen LogP contribution in [0.1, 0.15) is 18.4 Å². The van der Waals surface area contributed by atoms with Crippen molar-refractivity contribution in [3.05, 3.63) is 41.5 Å². The Balaban J connectivity index is 1.76. The van der Waals surface area contributed by atoms with Crippen molar-refractivity contribution in [3.63, 3.8) is 0 Å². The van der Waals surface area contributed by atoms with Gasteiger partial charge in [-0.1, -0.05) is 29.8 Å². The van der Waals surface area contributed by atoms with Crippen LogP contribution in [0.5, 0.6) is 0 Å². The molecule has 5 nitrogen and oxygen atoms in total. The molecule has 3 aliphatic heterocycles. The summed E-state index contributed by atoms with van der Waals surface area (Å²) in [5.41, 5.74) is 4.18. The van der Waals surface area contributed by atoms with Crippen LogP contribution < -0.4 is 0 Å². The Morgan fingerprint density at radius 2 is 2.32 bits per heavy atom. The highest BCUT2D eigenvalue weighted by Gasteiger charge is 2.65. The van der Waals surface area contributed by atoms with Crippen LogP contribution in [0.15, 0.2) is 40.9 Å². The third kappa shape index (κ3) is 1.80. The molecule has 0 aromatic heterocycles. The van der Waals surface area contributed by atoms with Crippen LogP contribution in [0.4, 0.5) is 5.69 Å². The van der Waals surface area contributed by atoms with Gasteiger partial charge in [-0.2, -0.15) is 0 Å². The molecule has 0 radical (unpaired) electrons. The van der Waals surface area contributed by atoms with E-state index >= 15 is 0 Å². The predicted molar refractivity (Wildman–Crippen MR) is 94.0 cm³/mol. The molecular formula is C20H22N2O3. The maximum Gasteiger partial charge on any atom is 0.310 e. The molecule has 25 heavy (non-hydrogen) atoms. The van der Waals surface area contributed by atoms with Crippen molar-refractivity contribution in [2.75, 3.05) is 26.8 Å². The van der Waals surface area contributed by atoms with E-state index in [1.807, 2.05) is 18.2 Å². The summed E-state index contributed by atoms with van der Waals surface area (Å²) in [5.74, 6) is -0.283. The number of esters is 1. The monoisotopic (exact) mass is 338 g/mol. The van der Waals surface area contributed by atoms with E-state index < -0.39 is 0 Å². The third-order valence-electron chi connectivity index (χ3n) is 6.71. The first kappa shape index (κ1) is 15.3. The van der Waals surface area contributed by atoms with Crippen molar-refractivity contribution in [3.8, 4) is 0 Å². The van der Waals surface area contributed by atoms with Gasteiger partial charge in [-0.05, 0) is 30.4 Å². The van der Waals surface area contributed by atoms with E-state index in [9.17, 15) is 9.90 Å². The van der Waals surface area contributed by atoms with Crippen molar-refractivity contribution in [1.82, 2.24) is 4.90 Å². The highest BCUT2D eigenvalue weighted by Crippen LogP contribution is 2.60. The summed E-state index contributed by atoms with van der Waals surface area (Å²) in [6.45, 7) is 1.78. The molecule has 3 heterocycles. The summed E-state index contributed by atoms with van der Waals surface area (Å²) in [7, 11) is 1.48. The lowest BCUT2D eigenvalue weighted by Gasteiger charge is -2.59. The predicted octanol–water partition coefficient (Wildman–Crippen LogP) is 1.83.